The van der Waals surface area contributed by atoms with Crippen LogP contribution in [0.4, 0.5) is 0 Å². The molecule has 0 bridgehead atoms. The molecule has 0 aromatic carbocycles. The molecule has 0 amide bonds. The van der Waals surface area contributed by atoms with Crippen molar-refractivity contribution in [2.45, 2.75) is 97.6 Å². The predicted octanol–water partition coefficient (Wildman–Crippen LogP) is 4.84. The number of hydrogen-bond acceptors (Lipinski definition) is 2. The summed E-state index contributed by atoms with van der Waals surface area (Å²) in [4.78, 5) is 2.77. The molecule has 2 heteroatoms. The van der Waals surface area contributed by atoms with Crippen molar-refractivity contribution in [2.75, 3.05) is 19.6 Å². The van der Waals surface area contributed by atoms with E-state index in [0.29, 0.717) is 6.04 Å². The van der Waals surface area contributed by atoms with Gasteiger partial charge < -0.3 is 5.32 Å². The molecule has 0 radical (unpaired) electrons. The standard InChI is InChI=1S/C19H40N2/c1-6-14-20-18(13-11-12-17(2)3)19(4,5)21-15-9-7-8-10-16-21/h17-18,20H,6-16H2,1-5H3. The van der Waals surface area contributed by atoms with Crippen molar-refractivity contribution in [3.05, 3.63) is 0 Å². The smallest absolute Gasteiger partial charge is 0.0306 e. The van der Waals surface area contributed by atoms with Crippen molar-refractivity contribution in [1.29, 1.82) is 0 Å². The molecular weight excluding hydrogens is 256 g/mol. The molecule has 1 heterocycles. The molecule has 1 aliphatic heterocycles. The van der Waals surface area contributed by atoms with E-state index in [1.165, 1.54) is 64.5 Å². The molecule has 1 saturated heterocycles. The monoisotopic (exact) mass is 296 g/mol. The van der Waals surface area contributed by atoms with Crippen LogP contribution < -0.4 is 5.32 Å². The molecule has 21 heavy (non-hydrogen) atoms. The van der Waals surface area contributed by atoms with Crippen LogP contribution in [0.25, 0.3) is 0 Å². The Morgan fingerprint density at radius 1 is 1.00 bits per heavy atom. The first kappa shape index (κ1) is 19.0. The van der Waals surface area contributed by atoms with E-state index in [1.54, 1.807) is 0 Å². The van der Waals surface area contributed by atoms with E-state index in [1.807, 2.05) is 0 Å². The normalized spacial score (nSPS) is 19.7. The molecular formula is C19H40N2. The van der Waals surface area contributed by atoms with Gasteiger partial charge in [-0.15, -0.1) is 0 Å². The Morgan fingerprint density at radius 2 is 1.62 bits per heavy atom. The van der Waals surface area contributed by atoms with Gasteiger partial charge in [0, 0.05) is 11.6 Å². The molecule has 1 aliphatic rings. The van der Waals surface area contributed by atoms with Crippen LogP contribution in [-0.2, 0) is 0 Å². The summed E-state index contributed by atoms with van der Waals surface area (Å²) in [5, 5.41) is 3.86. The lowest BCUT2D eigenvalue weighted by Gasteiger charge is -2.44. The van der Waals surface area contributed by atoms with Gasteiger partial charge in [0.1, 0.15) is 0 Å². The molecule has 126 valence electrons. The first-order chi connectivity index (χ1) is 9.98. The van der Waals surface area contributed by atoms with E-state index in [2.05, 4.69) is 44.8 Å². The van der Waals surface area contributed by atoms with Gasteiger partial charge in [-0.3, -0.25) is 4.90 Å². The van der Waals surface area contributed by atoms with Crippen molar-refractivity contribution < 1.29 is 0 Å². The maximum atomic E-state index is 3.86. The summed E-state index contributed by atoms with van der Waals surface area (Å²) in [6.45, 7) is 15.6. The Balaban J connectivity index is 2.62. The van der Waals surface area contributed by atoms with Gasteiger partial charge in [0.15, 0.2) is 0 Å². The first-order valence-corrected chi connectivity index (χ1v) is 9.47. The van der Waals surface area contributed by atoms with Crippen LogP contribution in [0.1, 0.15) is 86.0 Å². The highest BCUT2D eigenvalue weighted by Gasteiger charge is 2.34. The molecule has 1 N–H and O–H groups in total. The lowest BCUT2D eigenvalue weighted by atomic mass is 9.87. The van der Waals surface area contributed by atoms with Gasteiger partial charge in [-0.25, -0.2) is 0 Å². The second-order valence-electron chi connectivity index (χ2n) is 7.89. The fourth-order valence-electron chi connectivity index (χ4n) is 3.62. The average molecular weight is 297 g/mol. The number of rotatable bonds is 9. The van der Waals surface area contributed by atoms with Gasteiger partial charge in [0.2, 0.25) is 0 Å². The molecule has 0 spiro atoms. The van der Waals surface area contributed by atoms with Crippen molar-refractivity contribution >= 4 is 0 Å². The van der Waals surface area contributed by atoms with Gasteiger partial charge >= 0.3 is 0 Å². The van der Waals surface area contributed by atoms with Crippen molar-refractivity contribution in [1.82, 2.24) is 10.2 Å². The number of nitrogens with zero attached hydrogens (tertiary/aromatic N) is 1. The van der Waals surface area contributed by atoms with E-state index in [0.717, 1.165) is 12.5 Å². The van der Waals surface area contributed by atoms with Crippen LogP contribution >= 0.6 is 0 Å². The Morgan fingerprint density at radius 3 is 2.14 bits per heavy atom. The summed E-state index contributed by atoms with van der Waals surface area (Å²) in [5.74, 6) is 0.832. The fraction of sp³-hybridized carbons (Fsp3) is 1.00. The fourth-order valence-corrected chi connectivity index (χ4v) is 3.62. The molecule has 0 aromatic rings. The zero-order chi connectivity index (χ0) is 15.7. The third-order valence-corrected chi connectivity index (χ3v) is 5.19. The minimum atomic E-state index is 0.288. The number of likely N-dealkylation sites (tertiary alicyclic amines) is 1. The van der Waals surface area contributed by atoms with Crippen molar-refractivity contribution in [2.24, 2.45) is 5.92 Å². The van der Waals surface area contributed by atoms with Gasteiger partial charge in [-0.1, -0.05) is 46.5 Å². The largest absolute Gasteiger partial charge is 0.312 e. The third-order valence-electron chi connectivity index (χ3n) is 5.19. The molecule has 0 aliphatic carbocycles. The van der Waals surface area contributed by atoms with E-state index in [4.69, 9.17) is 0 Å². The Labute approximate surface area is 134 Å². The van der Waals surface area contributed by atoms with E-state index < -0.39 is 0 Å². The Hall–Kier alpha value is -0.0800. The third kappa shape index (κ3) is 6.69. The molecule has 1 fully saturated rings. The van der Waals surface area contributed by atoms with Crippen LogP contribution in [0.3, 0.4) is 0 Å². The summed E-state index contributed by atoms with van der Waals surface area (Å²) in [6, 6.07) is 0.634. The number of hydrogen-bond donors (Lipinski definition) is 1. The Kier molecular flexibility index (Phi) is 8.89. The highest BCUT2D eigenvalue weighted by Crippen LogP contribution is 2.26. The van der Waals surface area contributed by atoms with Crippen LogP contribution in [0.15, 0.2) is 0 Å². The highest BCUT2D eigenvalue weighted by atomic mass is 15.2. The van der Waals surface area contributed by atoms with Crippen molar-refractivity contribution in [3.63, 3.8) is 0 Å². The van der Waals surface area contributed by atoms with Crippen molar-refractivity contribution in [3.8, 4) is 0 Å². The SMILES string of the molecule is CCCNC(CCCC(C)C)C(C)(C)N1CCCCCC1. The summed E-state index contributed by atoms with van der Waals surface area (Å²) < 4.78 is 0. The zero-order valence-corrected chi connectivity index (χ0v) is 15.4. The van der Waals surface area contributed by atoms with Crippen LogP contribution in [0.2, 0.25) is 0 Å². The Bertz CT molecular complexity index is 252. The van der Waals surface area contributed by atoms with E-state index in [9.17, 15) is 0 Å². The van der Waals surface area contributed by atoms with Crippen LogP contribution in [0, 0.1) is 5.92 Å². The van der Waals surface area contributed by atoms with E-state index >= 15 is 0 Å². The van der Waals surface area contributed by atoms with Gasteiger partial charge in [0.25, 0.3) is 0 Å². The summed E-state index contributed by atoms with van der Waals surface area (Å²) in [7, 11) is 0. The van der Waals surface area contributed by atoms with Gasteiger partial charge in [-0.05, 0) is 65.1 Å². The lowest BCUT2D eigenvalue weighted by molar-refractivity contribution is 0.0785. The molecule has 0 saturated carbocycles. The molecule has 0 aromatic heterocycles. The summed E-state index contributed by atoms with van der Waals surface area (Å²) in [6.07, 6.45) is 10.9. The second-order valence-corrected chi connectivity index (χ2v) is 7.89. The quantitative estimate of drug-likeness (QED) is 0.655. The highest BCUT2D eigenvalue weighted by molar-refractivity contribution is 4.94. The maximum absolute atomic E-state index is 3.86. The minimum absolute atomic E-state index is 0.288. The lowest BCUT2D eigenvalue weighted by Crippen LogP contribution is -2.58. The summed E-state index contributed by atoms with van der Waals surface area (Å²) in [5.41, 5.74) is 0.288. The first-order valence-electron chi connectivity index (χ1n) is 9.47. The average Bonchev–Trinajstić information content (AvgIpc) is 2.71. The van der Waals surface area contributed by atoms with Crippen LogP contribution in [0.5, 0.6) is 0 Å². The maximum Gasteiger partial charge on any atom is 0.0306 e. The molecule has 1 atom stereocenters. The predicted molar refractivity (Wildman–Crippen MR) is 94.9 cm³/mol. The topological polar surface area (TPSA) is 15.3 Å². The molecule has 1 unspecified atom stereocenters. The minimum Gasteiger partial charge on any atom is -0.312 e. The number of nitrogens with one attached hydrogen (secondary N) is 1. The van der Waals surface area contributed by atoms with Gasteiger partial charge in [-0.2, -0.15) is 0 Å². The molecule has 2 nitrogen and oxygen atoms in total. The van der Waals surface area contributed by atoms with E-state index in [-0.39, 0.29) is 5.54 Å². The summed E-state index contributed by atoms with van der Waals surface area (Å²) >= 11 is 0. The zero-order valence-electron chi connectivity index (χ0n) is 15.4. The molecule has 1 rings (SSSR count). The van der Waals surface area contributed by atoms with Gasteiger partial charge in [0.05, 0.1) is 0 Å². The second kappa shape index (κ2) is 9.84. The van der Waals surface area contributed by atoms with Crippen LogP contribution in [-0.4, -0.2) is 36.1 Å².